The predicted molar refractivity (Wildman–Crippen MR) is 102 cm³/mol. The number of carbonyl (C=O) groups is 1. The average Bonchev–Trinajstić information content (AvgIpc) is 2.86. The van der Waals surface area contributed by atoms with E-state index < -0.39 is 0 Å². The van der Waals surface area contributed by atoms with Crippen LogP contribution in [-0.4, -0.2) is 17.2 Å². The standard InChI is InChI=1S/C21H28N2O/c1-20(2,3)15-7-9-17(22-13-11-15)19(24)18-10-8-16(12-14-23-18)21(4,5)6/h7-8,11-14H,9-10H2,1-6H3. The summed E-state index contributed by atoms with van der Waals surface area (Å²) in [5, 5.41) is 0. The van der Waals surface area contributed by atoms with Gasteiger partial charge in [0.05, 0.1) is 11.4 Å². The zero-order chi connectivity index (χ0) is 18.0. The maximum Gasteiger partial charge on any atom is 0.221 e. The van der Waals surface area contributed by atoms with Crippen molar-refractivity contribution >= 4 is 17.2 Å². The van der Waals surface area contributed by atoms with Gasteiger partial charge in [-0.15, -0.1) is 0 Å². The van der Waals surface area contributed by atoms with Crippen molar-refractivity contribution in [1.29, 1.82) is 0 Å². The molecule has 0 atom stereocenters. The highest BCUT2D eigenvalue weighted by atomic mass is 16.1. The Morgan fingerprint density at radius 3 is 1.50 bits per heavy atom. The van der Waals surface area contributed by atoms with Crippen molar-refractivity contribution in [3.05, 3.63) is 47.9 Å². The van der Waals surface area contributed by atoms with Crippen molar-refractivity contribution in [2.45, 2.75) is 54.4 Å². The number of Topliss-reactive ketones (excluding diaryl/α,β-unsaturated/α-hetero) is 1. The third-order valence-electron chi connectivity index (χ3n) is 4.26. The fourth-order valence-electron chi connectivity index (χ4n) is 2.65. The van der Waals surface area contributed by atoms with Gasteiger partial charge in [0.2, 0.25) is 5.78 Å². The number of carbonyl (C=O) groups excluding carboxylic acids is 1. The Hall–Kier alpha value is -2.03. The van der Waals surface area contributed by atoms with E-state index in [1.165, 1.54) is 11.1 Å². The molecule has 3 nitrogen and oxygen atoms in total. The van der Waals surface area contributed by atoms with Crippen LogP contribution in [-0.2, 0) is 4.79 Å². The Morgan fingerprint density at radius 2 is 1.17 bits per heavy atom. The molecular formula is C21H28N2O. The minimum atomic E-state index is -0.0536. The van der Waals surface area contributed by atoms with E-state index in [0.29, 0.717) is 24.3 Å². The Labute approximate surface area is 145 Å². The van der Waals surface area contributed by atoms with Crippen LogP contribution in [0.15, 0.2) is 57.8 Å². The topological polar surface area (TPSA) is 41.8 Å². The lowest BCUT2D eigenvalue weighted by molar-refractivity contribution is -0.107. The van der Waals surface area contributed by atoms with Crippen LogP contribution in [0, 0.1) is 10.8 Å². The zero-order valence-corrected chi connectivity index (χ0v) is 15.7. The molecular weight excluding hydrogens is 296 g/mol. The van der Waals surface area contributed by atoms with Gasteiger partial charge in [-0.05, 0) is 34.1 Å². The van der Waals surface area contributed by atoms with Crippen LogP contribution < -0.4 is 0 Å². The lowest BCUT2D eigenvalue weighted by Crippen LogP contribution is -2.23. The van der Waals surface area contributed by atoms with Gasteiger partial charge in [0.25, 0.3) is 0 Å². The molecule has 0 aromatic carbocycles. The highest BCUT2D eigenvalue weighted by Gasteiger charge is 2.22. The van der Waals surface area contributed by atoms with Crippen molar-refractivity contribution in [3.63, 3.8) is 0 Å². The highest BCUT2D eigenvalue weighted by Crippen LogP contribution is 2.29. The molecule has 2 heterocycles. The van der Waals surface area contributed by atoms with E-state index in [9.17, 15) is 4.79 Å². The molecule has 3 heteroatoms. The van der Waals surface area contributed by atoms with E-state index in [0.717, 1.165) is 0 Å². The quantitative estimate of drug-likeness (QED) is 0.687. The maximum absolute atomic E-state index is 12.8. The van der Waals surface area contributed by atoms with Gasteiger partial charge in [-0.3, -0.25) is 14.8 Å². The fourth-order valence-corrected chi connectivity index (χ4v) is 2.65. The van der Waals surface area contributed by atoms with Gasteiger partial charge < -0.3 is 0 Å². The maximum atomic E-state index is 12.8. The number of ketones is 1. The summed E-state index contributed by atoms with van der Waals surface area (Å²) in [6.07, 6.45) is 12.8. The molecule has 0 aromatic heterocycles. The molecule has 0 bridgehead atoms. The van der Waals surface area contributed by atoms with E-state index in [1.807, 2.05) is 12.2 Å². The first-order valence-corrected chi connectivity index (χ1v) is 8.51. The number of rotatable bonds is 2. The molecule has 0 radical (unpaired) electrons. The molecule has 0 fully saturated rings. The third-order valence-corrected chi connectivity index (χ3v) is 4.26. The molecule has 0 N–H and O–H groups in total. The summed E-state index contributed by atoms with van der Waals surface area (Å²) in [6, 6.07) is 0. The van der Waals surface area contributed by atoms with Gasteiger partial charge in [0.15, 0.2) is 0 Å². The molecule has 2 rings (SSSR count). The Morgan fingerprint density at radius 1 is 0.792 bits per heavy atom. The van der Waals surface area contributed by atoms with Gasteiger partial charge in [0.1, 0.15) is 0 Å². The minimum absolute atomic E-state index is 0.0530. The van der Waals surface area contributed by atoms with Crippen LogP contribution in [0.3, 0.4) is 0 Å². The smallest absolute Gasteiger partial charge is 0.221 e. The predicted octanol–water partition coefficient (Wildman–Crippen LogP) is 5.22. The van der Waals surface area contributed by atoms with Crippen LogP contribution in [0.2, 0.25) is 0 Å². The summed E-state index contributed by atoms with van der Waals surface area (Å²) in [4.78, 5) is 21.5. The Balaban J connectivity index is 2.17. The first-order chi connectivity index (χ1) is 11.1. The van der Waals surface area contributed by atoms with E-state index in [1.54, 1.807) is 12.4 Å². The third kappa shape index (κ3) is 4.50. The van der Waals surface area contributed by atoms with Crippen LogP contribution in [0.4, 0.5) is 0 Å². The average molecular weight is 324 g/mol. The zero-order valence-electron chi connectivity index (χ0n) is 15.7. The lowest BCUT2D eigenvalue weighted by atomic mass is 9.85. The number of nitrogens with zero attached hydrogens (tertiary/aromatic N) is 2. The second-order valence-corrected chi connectivity index (χ2v) is 8.34. The van der Waals surface area contributed by atoms with Crippen molar-refractivity contribution in [2.75, 3.05) is 0 Å². The number of hydrogen-bond donors (Lipinski definition) is 0. The van der Waals surface area contributed by atoms with E-state index in [2.05, 4.69) is 63.7 Å². The van der Waals surface area contributed by atoms with Gasteiger partial charge in [-0.25, -0.2) is 0 Å². The molecule has 0 aromatic rings. The summed E-state index contributed by atoms with van der Waals surface area (Å²) < 4.78 is 0. The van der Waals surface area contributed by atoms with Crippen LogP contribution in [0.1, 0.15) is 54.4 Å². The summed E-state index contributed by atoms with van der Waals surface area (Å²) in [7, 11) is 0. The van der Waals surface area contributed by atoms with E-state index in [-0.39, 0.29) is 16.6 Å². The van der Waals surface area contributed by atoms with Crippen molar-refractivity contribution in [2.24, 2.45) is 20.8 Å². The Bertz CT molecular complexity index is 639. The normalized spacial score (nSPS) is 18.9. The molecule has 24 heavy (non-hydrogen) atoms. The second kappa shape index (κ2) is 6.84. The lowest BCUT2D eigenvalue weighted by Gasteiger charge is -2.19. The van der Waals surface area contributed by atoms with Crippen LogP contribution in [0.25, 0.3) is 0 Å². The summed E-state index contributed by atoms with van der Waals surface area (Å²) >= 11 is 0. The molecule has 128 valence electrons. The number of allylic oxidation sites excluding steroid dienone is 6. The number of aliphatic imine (C=N–C) groups is 2. The van der Waals surface area contributed by atoms with Gasteiger partial charge in [0, 0.05) is 25.2 Å². The van der Waals surface area contributed by atoms with Gasteiger partial charge in [-0.2, -0.15) is 0 Å². The summed E-state index contributed by atoms with van der Waals surface area (Å²) in [5.41, 5.74) is 3.63. The summed E-state index contributed by atoms with van der Waals surface area (Å²) in [6.45, 7) is 13.0. The largest absolute Gasteiger partial charge is 0.286 e. The van der Waals surface area contributed by atoms with Gasteiger partial charge in [-0.1, -0.05) is 53.7 Å². The highest BCUT2D eigenvalue weighted by molar-refractivity contribution is 6.67. The van der Waals surface area contributed by atoms with Crippen molar-refractivity contribution in [1.82, 2.24) is 0 Å². The first-order valence-electron chi connectivity index (χ1n) is 8.51. The molecule has 2 aliphatic rings. The Kier molecular flexibility index (Phi) is 5.22. The number of hydrogen-bond acceptors (Lipinski definition) is 3. The van der Waals surface area contributed by atoms with Gasteiger partial charge >= 0.3 is 0 Å². The molecule has 0 saturated heterocycles. The van der Waals surface area contributed by atoms with Crippen LogP contribution >= 0.6 is 0 Å². The first kappa shape index (κ1) is 18.3. The van der Waals surface area contributed by atoms with Crippen molar-refractivity contribution in [3.8, 4) is 0 Å². The molecule has 0 aliphatic carbocycles. The van der Waals surface area contributed by atoms with Crippen LogP contribution in [0.5, 0.6) is 0 Å². The minimum Gasteiger partial charge on any atom is -0.286 e. The van der Waals surface area contributed by atoms with E-state index >= 15 is 0 Å². The molecule has 2 aliphatic heterocycles. The fraction of sp³-hybridized carbons (Fsp3) is 0.476. The second-order valence-electron chi connectivity index (χ2n) is 8.34. The summed E-state index contributed by atoms with van der Waals surface area (Å²) in [5.74, 6) is -0.0536. The molecule has 0 unspecified atom stereocenters. The molecule has 0 amide bonds. The van der Waals surface area contributed by atoms with Crippen molar-refractivity contribution < 1.29 is 4.79 Å². The monoisotopic (exact) mass is 324 g/mol. The molecule has 0 spiro atoms. The SMILES string of the molecule is CC(C)(C)C1=CCC(C(=O)C2=NC=CC(C(C)(C)C)=CC2)=NC=C1. The van der Waals surface area contributed by atoms with E-state index in [4.69, 9.17) is 0 Å². The molecule has 0 saturated carbocycles.